The summed E-state index contributed by atoms with van der Waals surface area (Å²) in [5, 5.41) is 10.8. The fourth-order valence-electron chi connectivity index (χ4n) is 0.679. The number of alkyl carbamates (subject to hydrolysis) is 1. The van der Waals surface area contributed by atoms with Crippen LogP contribution in [0.1, 0.15) is 19.8 Å². The number of thiol groups is 1. The van der Waals surface area contributed by atoms with E-state index in [1.54, 1.807) is 0 Å². The number of nitrogens with one attached hydrogen (secondary N) is 1. The van der Waals surface area contributed by atoms with Gasteiger partial charge in [-0.1, -0.05) is 13.3 Å². The number of carboxylic acids is 1. The highest BCUT2D eigenvalue weighted by molar-refractivity contribution is 7.80. The Hall–Kier alpha value is -0.910. The summed E-state index contributed by atoms with van der Waals surface area (Å²) in [6.45, 7) is 2.27. The summed E-state index contributed by atoms with van der Waals surface area (Å²) in [6.07, 6.45) is 0.980. The van der Waals surface area contributed by atoms with Gasteiger partial charge in [-0.25, -0.2) is 9.59 Å². The first kappa shape index (κ1) is 13.1. The smallest absolute Gasteiger partial charge is 0.407 e. The number of hydrogen-bond donors (Lipinski definition) is 3. The maximum Gasteiger partial charge on any atom is 0.407 e. The molecule has 0 saturated heterocycles. The van der Waals surface area contributed by atoms with Gasteiger partial charge in [0.15, 0.2) is 0 Å². The van der Waals surface area contributed by atoms with Crippen LogP contribution in [0, 0.1) is 0 Å². The molecule has 0 heterocycles. The highest BCUT2D eigenvalue weighted by atomic mass is 32.1. The second-order valence-corrected chi connectivity index (χ2v) is 3.07. The molecule has 0 unspecified atom stereocenters. The topological polar surface area (TPSA) is 75.6 Å². The highest BCUT2D eigenvalue weighted by Crippen LogP contribution is 1.92. The van der Waals surface area contributed by atoms with E-state index in [2.05, 4.69) is 17.9 Å². The van der Waals surface area contributed by atoms with E-state index in [-0.39, 0.29) is 5.75 Å². The van der Waals surface area contributed by atoms with Gasteiger partial charge >= 0.3 is 12.1 Å². The molecule has 0 aliphatic carbocycles. The van der Waals surface area contributed by atoms with E-state index in [0.717, 1.165) is 12.8 Å². The average Bonchev–Trinajstić information content (AvgIpc) is 2.14. The van der Waals surface area contributed by atoms with E-state index in [1.807, 2.05) is 6.92 Å². The minimum absolute atomic E-state index is 0.0399. The molecule has 0 aliphatic rings. The normalized spacial score (nSPS) is 11.9. The number of aliphatic carboxylic acids is 1. The molecule has 5 nitrogen and oxygen atoms in total. The molecule has 0 aromatic heterocycles. The van der Waals surface area contributed by atoms with Crippen molar-refractivity contribution < 1.29 is 19.4 Å². The van der Waals surface area contributed by atoms with E-state index in [0.29, 0.717) is 6.61 Å². The maximum atomic E-state index is 11.0. The molecular formula is C8H15NO4S. The summed E-state index contributed by atoms with van der Waals surface area (Å²) < 4.78 is 4.72. The Morgan fingerprint density at radius 3 is 2.64 bits per heavy atom. The first-order valence-corrected chi connectivity index (χ1v) is 5.02. The molecule has 0 aromatic carbocycles. The maximum absolute atomic E-state index is 11.0. The molecule has 1 amide bonds. The third kappa shape index (κ3) is 5.69. The summed E-state index contributed by atoms with van der Waals surface area (Å²) in [7, 11) is 0. The lowest BCUT2D eigenvalue weighted by Crippen LogP contribution is -2.42. The van der Waals surface area contributed by atoms with Gasteiger partial charge in [-0.15, -0.1) is 0 Å². The van der Waals surface area contributed by atoms with Crippen molar-refractivity contribution in [3.8, 4) is 0 Å². The van der Waals surface area contributed by atoms with Crippen molar-refractivity contribution in [2.75, 3.05) is 12.4 Å². The van der Waals surface area contributed by atoms with Gasteiger partial charge in [0.05, 0.1) is 6.61 Å². The molecule has 2 N–H and O–H groups in total. The molecule has 1 atom stereocenters. The van der Waals surface area contributed by atoms with Crippen molar-refractivity contribution in [3.63, 3.8) is 0 Å². The average molecular weight is 221 g/mol. The predicted molar refractivity (Wildman–Crippen MR) is 54.7 cm³/mol. The molecule has 0 radical (unpaired) electrons. The first-order valence-electron chi connectivity index (χ1n) is 4.38. The minimum atomic E-state index is -1.12. The van der Waals surface area contributed by atoms with Crippen molar-refractivity contribution >= 4 is 24.7 Å². The zero-order valence-electron chi connectivity index (χ0n) is 8.02. The lowest BCUT2D eigenvalue weighted by Gasteiger charge is -2.11. The number of carbonyl (C=O) groups is 2. The van der Waals surface area contributed by atoms with Crippen molar-refractivity contribution in [2.24, 2.45) is 0 Å². The summed E-state index contributed by atoms with van der Waals surface area (Å²) in [5.41, 5.74) is 0. The van der Waals surface area contributed by atoms with E-state index in [4.69, 9.17) is 9.84 Å². The number of carboxylic acid groups (broad SMARTS) is 1. The first-order chi connectivity index (χ1) is 6.61. The summed E-state index contributed by atoms with van der Waals surface area (Å²) in [5.74, 6) is -1.08. The number of ether oxygens (including phenoxy) is 1. The van der Waals surface area contributed by atoms with Crippen LogP contribution in [0.15, 0.2) is 0 Å². The van der Waals surface area contributed by atoms with Gasteiger partial charge in [0.25, 0.3) is 0 Å². The Kier molecular flexibility index (Phi) is 7.00. The molecule has 0 aromatic rings. The summed E-state index contributed by atoms with van der Waals surface area (Å²) in [6, 6.07) is -0.993. The van der Waals surface area contributed by atoms with Crippen molar-refractivity contribution in [1.82, 2.24) is 5.32 Å². The van der Waals surface area contributed by atoms with Crippen molar-refractivity contribution in [2.45, 2.75) is 25.8 Å². The quantitative estimate of drug-likeness (QED) is 0.460. The fraction of sp³-hybridized carbons (Fsp3) is 0.750. The molecule has 0 fully saturated rings. The van der Waals surface area contributed by atoms with E-state index >= 15 is 0 Å². The van der Waals surface area contributed by atoms with Crippen LogP contribution in [0.25, 0.3) is 0 Å². The predicted octanol–water partition coefficient (Wildman–Crippen LogP) is 0.896. The molecule has 82 valence electrons. The Morgan fingerprint density at radius 1 is 1.57 bits per heavy atom. The molecular weight excluding hydrogens is 206 g/mol. The number of rotatable bonds is 6. The third-order valence-corrected chi connectivity index (χ3v) is 1.87. The number of carbonyl (C=O) groups excluding carboxylic acids is 1. The van der Waals surface area contributed by atoms with Crippen LogP contribution in [0.3, 0.4) is 0 Å². The molecule has 0 aliphatic heterocycles. The molecule has 6 heteroatoms. The number of amides is 1. The monoisotopic (exact) mass is 221 g/mol. The lowest BCUT2D eigenvalue weighted by atomic mass is 10.3. The van der Waals surface area contributed by atoms with Crippen LogP contribution in [-0.4, -0.2) is 35.6 Å². The second-order valence-electron chi connectivity index (χ2n) is 2.71. The van der Waals surface area contributed by atoms with Gasteiger partial charge in [0.1, 0.15) is 6.04 Å². The molecule has 0 rings (SSSR count). The fourth-order valence-corrected chi connectivity index (χ4v) is 0.926. The van der Waals surface area contributed by atoms with Crippen LogP contribution >= 0.6 is 12.6 Å². The zero-order chi connectivity index (χ0) is 11.0. The van der Waals surface area contributed by atoms with Crippen LogP contribution in [0.5, 0.6) is 0 Å². The minimum Gasteiger partial charge on any atom is -0.480 e. The van der Waals surface area contributed by atoms with Crippen molar-refractivity contribution in [1.29, 1.82) is 0 Å². The van der Waals surface area contributed by atoms with Gasteiger partial charge in [-0.2, -0.15) is 12.6 Å². The largest absolute Gasteiger partial charge is 0.480 e. The third-order valence-electron chi connectivity index (χ3n) is 1.50. The van der Waals surface area contributed by atoms with Gasteiger partial charge in [0.2, 0.25) is 0 Å². The molecule has 0 bridgehead atoms. The van der Waals surface area contributed by atoms with Gasteiger partial charge in [-0.05, 0) is 6.42 Å². The lowest BCUT2D eigenvalue weighted by molar-refractivity contribution is -0.138. The van der Waals surface area contributed by atoms with Gasteiger partial charge in [0, 0.05) is 5.75 Å². The second kappa shape index (κ2) is 7.49. The van der Waals surface area contributed by atoms with E-state index < -0.39 is 18.1 Å². The Morgan fingerprint density at radius 2 is 2.21 bits per heavy atom. The molecule has 14 heavy (non-hydrogen) atoms. The van der Waals surface area contributed by atoms with Crippen LogP contribution in [0.2, 0.25) is 0 Å². The van der Waals surface area contributed by atoms with E-state index in [9.17, 15) is 9.59 Å². The van der Waals surface area contributed by atoms with Crippen LogP contribution < -0.4 is 5.32 Å². The summed E-state index contributed by atoms with van der Waals surface area (Å²) >= 11 is 3.79. The summed E-state index contributed by atoms with van der Waals surface area (Å²) in [4.78, 5) is 21.4. The molecule has 0 saturated carbocycles. The zero-order valence-corrected chi connectivity index (χ0v) is 8.92. The Labute approximate surface area is 88.2 Å². The number of hydrogen-bond acceptors (Lipinski definition) is 4. The Balaban J connectivity index is 3.74. The van der Waals surface area contributed by atoms with E-state index in [1.165, 1.54) is 0 Å². The highest BCUT2D eigenvalue weighted by Gasteiger charge is 2.18. The van der Waals surface area contributed by atoms with Crippen molar-refractivity contribution in [3.05, 3.63) is 0 Å². The number of unbranched alkanes of at least 4 members (excludes halogenated alkanes) is 1. The standard InChI is InChI=1S/C8H15NO4S/c1-2-3-4-13-8(12)9-6(5-14)7(10)11/h6,14H,2-5H2,1H3,(H,9,12)(H,10,11)/t6-/m0/s1. The van der Waals surface area contributed by atoms with Gasteiger partial charge < -0.3 is 15.2 Å². The van der Waals surface area contributed by atoms with Gasteiger partial charge in [-0.3, -0.25) is 0 Å². The SMILES string of the molecule is CCCCOC(=O)N[C@@H](CS)C(=O)O. The van der Waals surface area contributed by atoms with Crippen LogP contribution in [-0.2, 0) is 9.53 Å². The Bertz CT molecular complexity index is 198. The molecule has 0 spiro atoms. The van der Waals surface area contributed by atoms with Crippen LogP contribution in [0.4, 0.5) is 4.79 Å².